The van der Waals surface area contributed by atoms with Gasteiger partial charge in [0.2, 0.25) is 0 Å². The van der Waals surface area contributed by atoms with Crippen molar-refractivity contribution in [1.29, 1.82) is 0 Å². The second-order valence-electron chi connectivity index (χ2n) is 6.92. The summed E-state index contributed by atoms with van der Waals surface area (Å²) in [7, 11) is 0. The Labute approximate surface area is 145 Å². The van der Waals surface area contributed by atoms with Crippen LogP contribution in [0.25, 0.3) is 11.2 Å². The van der Waals surface area contributed by atoms with Gasteiger partial charge in [-0.1, -0.05) is 0 Å². The number of nitrogens with one attached hydrogen (secondary N) is 1. The van der Waals surface area contributed by atoms with Gasteiger partial charge in [-0.2, -0.15) is 0 Å². The van der Waals surface area contributed by atoms with Crippen molar-refractivity contribution in [3.63, 3.8) is 0 Å². The minimum absolute atomic E-state index is 0.232. The first-order valence-corrected chi connectivity index (χ1v) is 11.2. The maximum atomic E-state index is 12.0. The van der Waals surface area contributed by atoms with Crippen molar-refractivity contribution in [2.45, 2.75) is 37.2 Å². The molecule has 1 fully saturated rings. The molecule has 3 heterocycles. The summed E-state index contributed by atoms with van der Waals surface area (Å²) in [6, 6.07) is 0. The molecular weight excluding hydrogens is 351 g/mol. The number of rotatable bonds is 4. The molecule has 3 rings (SSSR count). The summed E-state index contributed by atoms with van der Waals surface area (Å²) < 4.78 is 7.62. The van der Waals surface area contributed by atoms with Crippen LogP contribution in [-0.2, 0) is 4.74 Å². The second kappa shape index (κ2) is 6.30. The average Bonchev–Trinajstić information content (AvgIpc) is 3.00. The molecule has 0 radical (unpaired) electrons. The fraction of sp³-hybridized carbons (Fsp3) is 0.600. The third-order valence-corrected chi connectivity index (χ3v) is 6.08. The summed E-state index contributed by atoms with van der Waals surface area (Å²) in [5.41, 5.74) is 0.335. The van der Waals surface area contributed by atoms with Crippen molar-refractivity contribution in [2.75, 3.05) is 19.5 Å². The van der Waals surface area contributed by atoms with E-state index in [1.165, 1.54) is 6.33 Å². The van der Waals surface area contributed by atoms with Crippen LogP contribution in [0, 0.1) is 6.92 Å². The Morgan fingerprint density at radius 3 is 2.92 bits per heavy atom. The molecule has 1 aliphatic rings. The Hall–Kier alpha value is -1.14. The maximum absolute atomic E-state index is 12.0. The predicted octanol–water partition coefficient (Wildman–Crippen LogP) is 1.39. The standard InChI is InChI=1S/C15H22ClN4O3P/c1-8-18-13-11(14(22)19-8)17-7-20(13)15-10(16)12(21)9(23-15)5-6-24(2,3)4/h7,9-10,12,15,21H,2,5-6H2,1,3-4H3,(H,18,19,22)/t9-,10?,12-,15?/m1/s1. The number of aromatic nitrogens is 4. The summed E-state index contributed by atoms with van der Waals surface area (Å²) in [6.45, 7) is 4.78. The number of aliphatic hydroxyl groups is 1. The third-order valence-electron chi connectivity index (χ3n) is 4.14. The number of fused-ring (bicyclic) bond motifs is 1. The lowest BCUT2D eigenvalue weighted by Gasteiger charge is -2.18. The zero-order valence-electron chi connectivity index (χ0n) is 13.9. The van der Waals surface area contributed by atoms with E-state index in [4.69, 9.17) is 16.3 Å². The van der Waals surface area contributed by atoms with Gasteiger partial charge in [-0.3, -0.25) is 9.36 Å². The van der Waals surface area contributed by atoms with Gasteiger partial charge < -0.3 is 14.8 Å². The van der Waals surface area contributed by atoms with Gasteiger partial charge in [0.25, 0.3) is 5.56 Å². The first-order valence-electron chi connectivity index (χ1n) is 7.76. The van der Waals surface area contributed by atoms with Crippen LogP contribution < -0.4 is 5.56 Å². The first kappa shape index (κ1) is 17.7. The lowest BCUT2D eigenvalue weighted by atomic mass is 10.1. The van der Waals surface area contributed by atoms with E-state index in [2.05, 4.69) is 34.6 Å². The molecule has 0 aromatic carbocycles. The zero-order valence-corrected chi connectivity index (χ0v) is 15.6. The number of ether oxygens (including phenoxy) is 1. The monoisotopic (exact) mass is 372 g/mol. The van der Waals surface area contributed by atoms with Crippen molar-refractivity contribution in [3.8, 4) is 0 Å². The van der Waals surface area contributed by atoms with Gasteiger partial charge in [-0.05, 0) is 32.8 Å². The highest BCUT2D eigenvalue weighted by Crippen LogP contribution is 2.41. The Bertz CT molecular complexity index is 858. The molecule has 132 valence electrons. The summed E-state index contributed by atoms with van der Waals surface area (Å²) in [4.78, 5) is 23.0. The molecule has 0 saturated carbocycles. The molecule has 2 N–H and O–H groups in total. The molecule has 2 aromatic heterocycles. The molecule has 4 atom stereocenters. The lowest BCUT2D eigenvalue weighted by molar-refractivity contribution is -0.0176. The Balaban J connectivity index is 1.90. The topological polar surface area (TPSA) is 93.0 Å². The summed E-state index contributed by atoms with van der Waals surface area (Å²) in [6.07, 6.45) is 5.51. The fourth-order valence-corrected chi connectivity index (χ4v) is 4.16. The van der Waals surface area contributed by atoms with Gasteiger partial charge in [-0.15, -0.1) is 24.8 Å². The number of hydrogen-bond donors (Lipinski definition) is 2. The van der Waals surface area contributed by atoms with Crippen LogP contribution in [0.3, 0.4) is 0 Å². The third kappa shape index (κ3) is 3.31. The van der Waals surface area contributed by atoms with Crippen LogP contribution >= 0.6 is 18.5 Å². The van der Waals surface area contributed by atoms with Crippen molar-refractivity contribution in [2.24, 2.45) is 0 Å². The SMILES string of the molecule is C=P(C)(C)CC[C@H]1OC(n2cnc3c(=O)[nH]c(C)nc32)C(Cl)[C@@H]1O. The van der Waals surface area contributed by atoms with E-state index in [0.29, 0.717) is 17.9 Å². The number of halogens is 1. The number of nitrogens with zero attached hydrogens (tertiary/aromatic N) is 3. The molecule has 24 heavy (non-hydrogen) atoms. The quantitative estimate of drug-likeness (QED) is 0.625. The average molecular weight is 373 g/mol. The van der Waals surface area contributed by atoms with E-state index in [0.717, 1.165) is 6.16 Å². The molecular formula is C15H22ClN4O3P. The summed E-state index contributed by atoms with van der Waals surface area (Å²) in [5, 5.41) is 9.78. The number of H-pyrrole nitrogens is 1. The molecule has 1 aliphatic heterocycles. The molecule has 2 aromatic rings. The highest BCUT2D eigenvalue weighted by Gasteiger charge is 2.44. The minimum atomic E-state index is -1.21. The number of aryl methyl sites for hydroxylation is 1. The van der Waals surface area contributed by atoms with Gasteiger partial charge >= 0.3 is 0 Å². The van der Waals surface area contributed by atoms with E-state index in [1.807, 2.05) is 0 Å². The van der Waals surface area contributed by atoms with Gasteiger partial charge in [0.15, 0.2) is 17.4 Å². The minimum Gasteiger partial charge on any atom is -0.389 e. The van der Waals surface area contributed by atoms with Gasteiger partial charge in [0.1, 0.15) is 17.3 Å². The van der Waals surface area contributed by atoms with Crippen molar-refractivity contribution < 1.29 is 9.84 Å². The van der Waals surface area contributed by atoms with Crippen molar-refractivity contribution in [1.82, 2.24) is 19.5 Å². The second-order valence-corrected chi connectivity index (χ2v) is 11.7. The normalized spacial score (nSPS) is 27.9. The summed E-state index contributed by atoms with van der Waals surface area (Å²) >= 11 is 6.40. The number of alkyl halides is 1. The molecule has 0 aliphatic carbocycles. The lowest BCUT2D eigenvalue weighted by Crippen LogP contribution is -2.28. The maximum Gasteiger partial charge on any atom is 0.279 e. The van der Waals surface area contributed by atoms with Crippen LogP contribution in [0.15, 0.2) is 11.1 Å². The van der Waals surface area contributed by atoms with E-state index in [9.17, 15) is 9.90 Å². The molecule has 2 unspecified atom stereocenters. The Kier molecular flexibility index (Phi) is 4.64. The highest BCUT2D eigenvalue weighted by molar-refractivity contribution is 7.72. The van der Waals surface area contributed by atoms with Crippen LogP contribution in [-0.4, -0.2) is 68.0 Å². The number of imidazole rings is 1. The largest absolute Gasteiger partial charge is 0.389 e. The van der Waals surface area contributed by atoms with Gasteiger partial charge in [0, 0.05) is 0 Å². The van der Waals surface area contributed by atoms with Gasteiger partial charge in [-0.25, -0.2) is 9.97 Å². The number of aliphatic hydroxyl groups excluding tert-OH is 1. The number of hydrogen-bond acceptors (Lipinski definition) is 5. The zero-order chi connectivity index (χ0) is 17.6. The van der Waals surface area contributed by atoms with E-state index >= 15 is 0 Å². The van der Waals surface area contributed by atoms with Crippen LogP contribution in [0.5, 0.6) is 0 Å². The molecule has 0 amide bonds. The Morgan fingerprint density at radius 1 is 1.54 bits per heavy atom. The Morgan fingerprint density at radius 2 is 2.25 bits per heavy atom. The molecule has 0 spiro atoms. The highest BCUT2D eigenvalue weighted by atomic mass is 35.5. The first-order chi connectivity index (χ1) is 11.2. The summed E-state index contributed by atoms with van der Waals surface area (Å²) in [5.74, 6) is 0.485. The molecule has 1 saturated heterocycles. The van der Waals surface area contributed by atoms with Crippen LogP contribution in [0.4, 0.5) is 0 Å². The van der Waals surface area contributed by atoms with Crippen molar-refractivity contribution in [3.05, 3.63) is 22.5 Å². The van der Waals surface area contributed by atoms with E-state index < -0.39 is 24.6 Å². The fourth-order valence-electron chi connectivity index (χ4n) is 2.86. The van der Waals surface area contributed by atoms with E-state index in [-0.39, 0.29) is 17.2 Å². The van der Waals surface area contributed by atoms with E-state index in [1.54, 1.807) is 11.5 Å². The molecule has 0 bridgehead atoms. The smallest absolute Gasteiger partial charge is 0.279 e. The van der Waals surface area contributed by atoms with Crippen LogP contribution in [0.1, 0.15) is 18.5 Å². The number of aromatic amines is 1. The predicted molar refractivity (Wildman–Crippen MR) is 97.8 cm³/mol. The molecule has 9 heteroatoms. The van der Waals surface area contributed by atoms with Crippen LogP contribution in [0.2, 0.25) is 0 Å². The van der Waals surface area contributed by atoms with Gasteiger partial charge in [0.05, 0.1) is 12.4 Å². The molecule has 7 nitrogen and oxygen atoms in total. The van der Waals surface area contributed by atoms with Crippen molar-refractivity contribution >= 4 is 36.0 Å².